The standard InChI is InChI=1S/C17H18BrNO4S/c1-19(12-13-5-2-3-6-15(13)18)24(20,21)14-7-8-16-17(11-14)23-10-4-9-22-16/h2-3,5-8,11H,4,9-10,12H2,1H3. The van der Waals surface area contributed by atoms with Crippen LogP contribution >= 0.6 is 15.9 Å². The van der Waals surface area contributed by atoms with Gasteiger partial charge in [-0.2, -0.15) is 4.31 Å². The topological polar surface area (TPSA) is 55.8 Å². The van der Waals surface area contributed by atoms with Crippen molar-refractivity contribution in [1.29, 1.82) is 0 Å². The second-order valence-corrected chi connectivity index (χ2v) is 8.41. The zero-order valence-electron chi connectivity index (χ0n) is 13.2. The molecule has 1 aliphatic rings. The molecule has 24 heavy (non-hydrogen) atoms. The first kappa shape index (κ1) is 17.3. The lowest BCUT2D eigenvalue weighted by Gasteiger charge is -2.19. The van der Waals surface area contributed by atoms with Gasteiger partial charge in [0.15, 0.2) is 11.5 Å². The number of hydrogen-bond donors (Lipinski definition) is 0. The second-order valence-electron chi connectivity index (χ2n) is 5.51. The lowest BCUT2D eigenvalue weighted by molar-refractivity contribution is 0.297. The molecule has 0 aliphatic carbocycles. The van der Waals surface area contributed by atoms with Crippen molar-refractivity contribution in [3.63, 3.8) is 0 Å². The van der Waals surface area contributed by atoms with Gasteiger partial charge in [0.25, 0.3) is 0 Å². The van der Waals surface area contributed by atoms with Gasteiger partial charge in [0.1, 0.15) is 0 Å². The van der Waals surface area contributed by atoms with Crippen molar-refractivity contribution in [1.82, 2.24) is 4.31 Å². The Morgan fingerprint density at radius 2 is 1.79 bits per heavy atom. The van der Waals surface area contributed by atoms with Crippen LogP contribution in [0.1, 0.15) is 12.0 Å². The summed E-state index contributed by atoms with van der Waals surface area (Å²) >= 11 is 3.45. The van der Waals surface area contributed by atoms with Crippen molar-refractivity contribution >= 4 is 26.0 Å². The summed E-state index contributed by atoms with van der Waals surface area (Å²) in [7, 11) is -2.06. The minimum atomic E-state index is -3.62. The molecule has 0 atom stereocenters. The third-order valence-corrected chi connectivity index (χ3v) is 6.35. The summed E-state index contributed by atoms with van der Waals surface area (Å²) in [5.41, 5.74) is 0.901. The SMILES string of the molecule is CN(Cc1ccccc1Br)S(=O)(=O)c1ccc2c(c1)OCCCO2. The number of halogens is 1. The maximum atomic E-state index is 12.8. The lowest BCUT2D eigenvalue weighted by atomic mass is 10.2. The molecule has 0 bridgehead atoms. The van der Waals surface area contributed by atoms with E-state index in [2.05, 4.69) is 15.9 Å². The molecule has 0 spiro atoms. The van der Waals surface area contributed by atoms with Crippen LogP contribution in [-0.4, -0.2) is 33.0 Å². The number of nitrogens with zero attached hydrogens (tertiary/aromatic N) is 1. The van der Waals surface area contributed by atoms with Crippen molar-refractivity contribution in [2.24, 2.45) is 0 Å². The molecule has 0 N–H and O–H groups in total. The monoisotopic (exact) mass is 411 g/mol. The van der Waals surface area contributed by atoms with E-state index in [4.69, 9.17) is 9.47 Å². The van der Waals surface area contributed by atoms with E-state index >= 15 is 0 Å². The molecule has 1 aliphatic heterocycles. The Morgan fingerprint density at radius 3 is 2.54 bits per heavy atom. The van der Waals surface area contributed by atoms with Crippen LogP contribution in [0, 0.1) is 0 Å². The van der Waals surface area contributed by atoms with Crippen molar-refractivity contribution < 1.29 is 17.9 Å². The summed E-state index contributed by atoms with van der Waals surface area (Å²) in [5.74, 6) is 1.06. The lowest BCUT2D eigenvalue weighted by Crippen LogP contribution is -2.26. The van der Waals surface area contributed by atoms with E-state index in [1.807, 2.05) is 24.3 Å². The number of hydrogen-bond acceptors (Lipinski definition) is 4. The molecular formula is C17H18BrNO4S. The highest BCUT2D eigenvalue weighted by Gasteiger charge is 2.24. The molecule has 5 nitrogen and oxygen atoms in total. The molecule has 0 fully saturated rings. The first-order valence-corrected chi connectivity index (χ1v) is 9.81. The predicted octanol–water partition coefficient (Wildman–Crippen LogP) is 3.43. The largest absolute Gasteiger partial charge is 0.490 e. The van der Waals surface area contributed by atoms with E-state index in [1.165, 1.54) is 10.4 Å². The Hall–Kier alpha value is -1.57. The van der Waals surface area contributed by atoms with Crippen molar-refractivity contribution in [2.75, 3.05) is 20.3 Å². The Morgan fingerprint density at radius 1 is 1.08 bits per heavy atom. The van der Waals surface area contributed by atoms with Crippen LogP contribution in [0.5, 0.6) is 11.5 Å². The van der Waals surface area contributed by atoms with E-state index in [-0.39, 0.29) is 11.4 Å². The third-order valence-electron chi connectivity index (χ3n) is 3.78. The molecule has 0 unspecified atom stereocenters. The molecule has 1 heterocycles. The van der Waals surface area contributed by atoms with Gasteiger partial charge >= 0.3 is 0 Å². The van der Waals surface area contributed by atoms with Gasteiger partial charge in [-0.3, -0.25) is 0 Å². The molecule has 0 saturated carbocycles. The highest BCUT2D eigenvalue weighted by Crippen LogP contribution is 2.33. The highest BCUT2D eigenvalue weighted by atomic mass is 79.9. The molecule has 2 aromatic carbocycles. The summed E-state index contributed by atoms with van der Waals surface area (Å²) in [4.78, 5) is 0.196. The van der Waals surface area contributed by atoms with Crippen molar-refractivity contribution in [3.8, 4) is 11.5 Å². The van der Waals surface area contributed by atoms with Crippen LogP contribution in [0.4, 0.5) is 0 Å². The van der Waals surface area contributed by atoms with Crippen LogP contribution in [0.2, 0.25) is 0 Å². The van der Waals surface area contributed by atoms with Crippen molar-refractivity contribution in [3.05, 3.63) is 52.5 Å². The van der Waals surface area contributed by atoms with Crippen LogP contribution in [0.25, 0.3) is 0 Å². The van der Waals surface area contributed by atoms with Gasteiger partial charge in [-0.15, -0.1) is 0 Å². The number of rotatable bonds is 4. The molecular weight excluding hydrogens is 394 g/mol. The third kappa shape index (κ3) is 3.58. The fourth-order valence-corrected chi connectivity index (χ4v) is 4.01. The van der Waals surface area contributed by atoms with Gasteiger partial charge in [-0.05, 0) is 23.8 Å². The fraction of sp³-hybridized carbons (Fsp3) is 0.294. The minimum Gasteiger partial charge on any atom is -0.490 e. The summed E-state index contributed by atoms with van der Waals surface area (Å²) in [6.07, 6.45) is 0.776. The molecule has 128 valence electrons. The molecule has 3 rings (SSSR count). The van der Waals surface area contributed by atoms with Gasteiger partial charge < -0.3 is 9.47 Å². The maximum Gasteiger partial charge on any atom is 0.243 e. The average molecular weight is 412 g/mol. The van der Waals surface area contributed by atoms with Gasteiger partial charge in [0.05, 0.1) is 18.1 Å². The van der Waals surface area contributed by atoms with Crippen LogP contribution in [0.15, 0.2) is 51.8 Å². The predicted molar refractivity (Wildman–Crippen MR) is 94.8 cm³/mol. The summed E-state index contributed by atoms with van der Waals surface area (Å²) < 4.78 is 39.0. The zero-order chi connectivity index (χ0) is 17.2. The van der Waals surface area contributed by atoms with Crippen molar-refractivity contribution in [2.45, 2.75) is 17.9 Å². The van der Waals surface area contributed by atoms with Gasteiger partial charge in [0, 0.05) is 30.6 Å². The quantitative estimate of drug-likeness (QED) is 0.772. The Labute approximate surface area is 150 Å². The molecule has 7 heteroatoms. The number of sulfonamides is 1. The normalized spacial score (nSPS) is 14.5. The number of benzene rings is 2. The minimum absolute atomic E-state index is 0.196. The molecule has 0 saturated heterocycles. The maximum absolute atomic E-state index is 12.8. The van der Waals surface area contributed by atoms with E-state index in [9.17, 15) is 8.42 Å². The highest BCUT2D eigenvalue weighted by molar-refractivity contribution is 9.10. The fourth-order valence-electron chi connectivity index (χ4n) is 2.44. The van der Waals surface area contributed by atoms with Gasteiger partial charge in [0.2, 0.25) is 10.0 Å². The van der Waals surface area contributed by atoms with E-state index in [0.717, 1.165) is 16.5 Å². The van der Waals surface area contributed by atoms with E-state index < -0.39 is 10.0 Å². The van der Waals surface area contributed by atoms with Gasteiger partial charge in [-0.1, -0.05) is 34.1 Å². The van der Waals surface area contributed by atoms with E-state index in [1.54, 1.807) is 19.2 Å². The van der Waals surface area contributed by atoms with Gasteiger partial charge in [-0.25, -0.2) is 8.42 Å². The number of fused-ring (bicyclic) bond motifs is 1. The Kier molecular flexibility index (Phi) is 5.12. The Bertz CT molecular complexity index is 838. The van der Waals surface area contributed by atoms with Crippen LogP contribution < -0.4 is 9.47 Å². The molecule has 0 radical (unpaired) electrons. The molecule has 2 aromatic rings. The zero-order valence-corrected chi connectivity index (χ0v) is 15.6. The summed E-state index contributed by atoms with van der Waals surface area (Å²) in [6, 6.07) is 12.3. The second kappa shape index (κ2) is 7.13. The van der Waals surface area contributed by atoms with Crippen LogP contribution in [-0.2, 0) is 16.6 Å². The summed E-state index contributed by atoms with van der Waals surface area (Å²) in [5, 5.41) is 0. The van der Waals surface area contributed by atoms with Crippen LogP contribution in [0.3, 0.4) is 0 Å². The Balaban J connectivity index is 1.87. The average Bonchev–Trinajstić information content (AvgIpc) is 2.81. The first-order chi connectivity index (χ1) is 11.5. The first-order valence-electron chi connectivity index (χ1n) is 7.58. The molecule has 0 aromatic heterocycles. The summed E-state index contributed by atoms with van der Waals surface area (Å²) in [6.45, 7) is 1.36. The smallest absolute Gasteiger partial charge is 0.243 e. The number of ether oxygens (including phenoxy) is 2. The molecule has 0 amide bonds. The van der Waals surface area contributed by atoms with E-state index in [0.29, 0.717) is 24.7 Å².